The third-order valence-electron chi connectivity index (χ3n) is 2.35. The van der Waals surface area contributed by atoms with Crippen molar-refractivity contribution < 1.29 is 9.18 Å². The molecule has 1 rings (SSSR count). The molecule has 1 heterocycles. The van der Waals surface area contributed by atoms with Gasteiger partial charge in [0.15, 0.2) is 0 Å². The molecule has 0 aromatic carbocycles. The number of nitrogens with zero attached hydrogens (tertiary/aromatic N) is 1. The first-order valence-electron chi connectivity index (χ1n) is 4.24. The first kappa shape index (κ1) is 10.6. The number of hydrogen-bond donors (Lipinski definition) is 0. The van der Waals surface area contributed by atoms with Crippen molar-refractivity contribution in [2.45, 2.75) is 17.7 Å². The normalized spacial score (nSPS) is 27.7. The van der Waals surface area contributed by atoms with Crippen LogP contribution >= 0.6 is 11.8 Å². The maximum Gasteiger partial charge on any atom is 0.246 e. The monoisotopic (exact) mass is 203 g/mol. The van der Waals surface area contributed by atoms with Gasteiger partial charge in [-0.25, -0.2) is 4.39 Å². The summed E-state index contributed by atoms with van der Waals surface area (Å²) in [4.78, 5) is 12.9. The van der Waals surface area contributed by atoms with Crippen LogP contribution in [0.15, 0.2) is 12.7 Å². The summed E-state index contributed by atoms with van der Waals surface area (Å²) in [5.74, 6) is -0.154. The molecule has 1 fully saturated rings. The number of halogens is 1. The van der Waals surface area contributed by atoms with Gasteiger partial charge in [-0.2, -0.15) is 11.8 Å². The lowest BCUT2D eigenvalue weighted by Gasteiger charge is -2.20. The van der Waals surface area contributed by atoms with Gasteiger partial charge < -0.3 is 4.90 Å². The Labute approximate surface area is 82.2 Å². The minimum Gasteiger partial charge on any atom is -0.332 e. The van der Waals surface area contributed by atoms with Crippen molar-refractivity contribution >= 4 is 17.7 Å². The van der Waals surface area contributed by atoms with Crippen LogP contribution in [0.25, 0.3) is 0 Å². The lowest BCUT2D eigenvalue weighted by Crippen LogP contribution is -2.35. The van der Waals surface area contributed by atoms with E-state index in [0.29, 0.717) is 11.8 Å². The van der Waals surface area contributed by atoms with E-state index in [-0.39, 0.29) is 11.9 Å². The van der Waals surface area contributed by atoms with Gasteiger partial charge in [-0.1, -0.05) is 6.58 Å². The maximum absolute atomic E-state index is 12.5. The third kappa shape index (κ3) is 2.24. The van der Waals surface area contributed by atoms with Crippen LogP contribution in [-0.2, 0) is 4.79 Å². The number of alkyl halides is 1. The standard InChI is InChI=1S/C9H14FNOS/c1-3-9(12)11-6-8(13-2)4-7(11)5-10/h3,7-8H,1,4-6H2,2H3. The van der Waals surface area contributed by atoms with E-state index in [0.717, 1.165) is 6.42 Å². The van der Waals surface area contributed by atoms with Crippen molar-refractivity contribution in [2.75, 3.05) is 19.5 Å². The van der Waals surface area contributed by atoms with E-state index in [1.165, 1.54) is 6.08 Å². The van der Waals surface area contributed by atoms with E-state index in [9.17, 15) is 9.18 Å². The molecule has 74 valence electrons. The highest BCUT2D eigenvalue weighted by Crippen LogP contribution is 2.26. The first-order chi connectivity index (χ1) is 6.22. The molecule has 0 aliphatic carbocycles. The van der Waals surface area contributed by atoms with Crippen LogP contribution in [0.1, 0.15) is 6.42 Å². The van der Waals surface area contributed by atoms with Crippen molar-refractivity contribution in [1.82, 2.24) is 4.90 Å². The van der Waals surface area contributed by atoms with E-state index in [4.69, 9.17) is 0 Å². The quantitative estimate of drug-likeness (QED) is 0.647. The minimum atomic E-state index is -0.448. The second-order valence-electron chi connectivity index (χ2n) is 3.10. The zero-order chi connectivity index (χ0) is 9.84. The van der Waals surface area contributed by atoms with Gasteiger partial charge in [-0.15, -0.1) is 0 Å². The molecule has 1 aliphatic heterocycles. The Morgan fingerprint density at radius 2 is 2.54 bits per heavy atom. The van der Waals surface area contributed by atoms with Gasteiger partial charge in [0.25, 0.3) is 0 Å². The number of carbonyl (C=O) groups excluding carboxylic acids is 1. The average molecular weight is 203 g/mol. The molecule has 0 spiro atoms. The van der Waals surface area contributed by atoms with Crippen molar-refractivity contribution in [3.8, 4) is 0 Å². The molecule has 13 heavy (non-hydrogen) atoms. The minimum absolute atomic E-state index is 0.154. The molecule has 2 atom stereocenters. The lowest BCUT2D eigenvalue weighted by atomic mass is 10.2. The number of thioether (sulfide) groups is 1. The fraction of sp³-hybridized carbons (Fsp3) is 0.667. The van der Waals surface area contributed by atoms with E-state index >= 15 is 0 Å². The molecule has 0 saturated carbocycles. The van der Waals surface area contributed by atoms with Gasteiger partial charge in [-0.05, 0) is 18.8 Å². The largest absolute Gasteiger partial charge is 0.332 e. The van der Waals surface area contributed by atoms with Gasteiger partial charge in [0.2, 0.25) is 5.91 Å². The zero-order valence-electron chi connectivity index (χ0n) is 7.70. The first-order valence-corrected chi connectivity index (χ1v) is 5.53. The van der Waals surface area contributed by atoms with E-state index in [1.54, 1.807) is 16.7 Å². The molecule has 2 nitrogen and oxygen atoms in total. The van der Waals surface area contributed by atoms with Crippen LogP contribution in [0.4, 0.5) is 4.39 Å². The molecule has 0 aromatic heterocycles. The summed E-state index contributed by atoms with van der Waals surface area (Å²) >= 11 is 1.69. The number of likely N-dealkylation sites (tertiary alicyclic amines) is 1. The van der Waals surface area contributed by atoms with Crippen molar-refractivity contribution in [3.05, 3.63) is 12.7 Å². The van der Waals surface area contributed by atoms with Crippen LogP contribution in [0.2, 0.25) is 0 Å². The van der Waals surface area contributed by atoms with Gasteiger partial charge in [0.1, 0.15) is 6.67 Å². The SMILES string of the molecule is C=CC(=O)N1CC(SC)CC1CF. The smallest absolute Gasteiger partial charge is 0.246 e. The molecule has 1 saturated heterocycles. The Morgan fingerprint density at radius 1 is 1.85 bits per heavy atom. The van der Waals surface area contributed by atoms with E-state index in [1.807, 2.05) is 6.26 Å². The molecule has 1 aliphatic rings. The van der Waals surface area contributed by atoms with E-state index < -0.39 is 6.67 Å². The second kappa shape index (κ2) is 4.65. The molecule has 1 amide bonds. The molecule has 0 N–H and O–H groups in total. The maximum atomic E-state index is 12.5. The Hall–Kier alpha value is -0.510. The average Bonchev–Trinajstić information content (AvgIpc) is 2.59. The Morgan fingerprint density at radius 3 is 3.00 bits per heavy atom. The predicted molar refractivity (Wildman–Crippen MR) is 53.6 cm³/mol. The van der Waals surface area contributed by atoms with Crippen molar-refractivity contribution in [2.24, 2.45) is 0 Å². The Bertz CT molecular complexity index is 210. The summed E-state index contributed by atoms with van der Waals surface area (Å²) in [5.41, 5.74) is 0. The number of carbonyl (C=O) groups is 1. The second-order valence-corrected chi connectivity index (χ2v) is 4.23. The molecule has 0 bridgehead atoms. The van der Waals surface area contributed by atoms with Crippen LogP contribution in [0.3, 0.4) is 0 Å². The molecular formula is C9H14FNOS. The van der Waals surface area contributed by atoms with Crippen molar-refractivity contribution in [3.63, 3.8) is 0 Å². The highest BCUT2D eigenvalue weighted by molar-refractivity contribution is 7.99. The van der Waals surface area contributed by atoms with Gasteiger partial charge in [0.05, 0.1) is 6.04 Å². The van der Waals surface area contributed by atoms with Crippen LogP contribution in [0, 0.1) is 0 Å². The Balaban J connectivity index is 2.62. The summed E-state index contributed by atoms with van der Waals surface area (Å²) < 4.78 is 12.5. The highest BCUT2D eigenvalue weighted by Gasteiger charge is 2.33. The summed E-state index contributed by atoms with van der Waals surface area (Å²) in [6.45, 7) is 3.61. The molecule has 0 radical (unpaired) electrons. The number of amides is 1. The van der Waals surface area contributed by atoms with Gasteiger partial charge >= 0.3 is 0 Å². The van der Waals surface area contributed by atoms with Gasteiger partial charge in [-0.3, -0.25) is 4.79 Å². The predicted octanol–water partition coefficient (Wildman–Crippen LogP) is 1.47. The molecular weight excluding hydrogens is 189 g/mol. The Kier molecular flexibility index (Phi) is 3.78. The third-order valence-corrected chi connectivity index (χ3v) is 3.35. The highest BCUT2D eigenvalue weighted by atomic mass is 32.2. The number of hydrogen-bond acceptors (Lipinski definition) is 2. The summed E-state index contributed by atoms with van der Waals surface area (Å²) in [5, 5.41) is 0.379. The summed E-state index contributed by atoms with van der Waals surface area (Å²) in [6, 6.07) is -0.233. The fourth-order valence-corrected chi connectivity index (χ4v) is 2.30. The molecule has 2 unspecified atom stereocenters. The number of rotatable bonds is 3. The molecule has 4 heteroatoms. The van der Waals surface area contributed by atoms with E-state index in [2.05, 4.69) is 6.58 Å². The molecule has 0 aromatic rings. The fourth-order valence-electron chi connectivity index (χ4n) is 1.58. The van der Waals surface area contributed by atoms with Crippen LogP contribution in [-0.4, -0.2) is 41.6 Å². The van der Waals surface area contributed by atoms with Crippen molar-refractivity contribution in [1.29, 1.82) is 0 Å². The lowest BCUT2D eigenvalue weighted by molar-refractivity contribution is -0.127. The van der Waals surface area contributed by atoms with Gasteiger partial charge in [0, 0.05) is 11.8 Å². The van der Waals surface area contributed by atoms with Crippen LogP contribution in [0.5, 0.6) is 0 Å². The van der Waals surface area contributed by atoms with Crippen LogP contribution < -0.4 is 0 Å². The summed E-state index contributed by atoms with van der Waals surface area (Å²) in [7, 11) is 0. The topological polar surface area (TPSA) is 20.3 Å². The summed E-state index contributed by atoms with van der Waals surface area (Å²) in [6.07, 6.45) is 4.00. The zero-order valence-corrected chi connectivity index (χ0v) is 8.52.